The first-order valence-electron chi connectivity index (χ1n) is 11.1. The molecule has 3 aromatic heterocycles. The van der Waals surface area contributed by atoms with Crippen molar-refractivity contribution in [2.75, 3.05) is 12.0 Å². The number of anilines is 1. The maximum Gasteiger partial charge on any atom is 0.245 e. The normalized spacial score (nSPS) is 13.0. The van der Waals surface area contributed by atoms with Gasteiger partial charge in [0.2, 0.25) is 5.91 Å². The van der Waals surface area contributed by atoms with Crippen LogP contribution in [0.25, 0.3) is 33.3 Å². The molecule has 2 N–H and O–H groups in total. The number of carbonyl (C=O) groups is 1. The van der Waals surface area contributed by atoms with Gasteiger partial charge in [-0.25, -0.2) is 9.07 Å². The zero-order valence-electron chi connectivity index (χ0n) is 18.2. The topological polar surface area (TPSA) is 78.8 Å². The van der Waals surface area contributed by atoms with E-state index in [-0.39, 0.29) is 18.1 Å². The van der Waals surface area contributed by atoms with E-state index < -0.39 is 0 Å². The Kier molecular flexibility index (Phi) is 4.83. The second-order valence-electron chi connectivity index (χ2n) is 8.23. The lowest BCUT2D eigenvalue weighted by molar-refractivity contribution is -0.129. The summed E-state index contributed by atoms with van der Waals surface area (Å²) in [6.07, 6.45) is 5.61. The van der Waals surface area contributed by atoms with E-state index in [1.165, 1.54) is 12.1 Å². The summed E-state index contributed by atoms with van der Waals surface area (Å²) in [4.78, 5) is 20.6. The van der Waals surface area contributed by atoms with Gasteiger partial charge in [0.25, 0.3) is 0 Å². The minimum Gasteiger partial charge on any atom is -0.361 e. The third-order valence-corrected chi connectivity index (χ3v) is 6.13. The van der Waals surface area contributed by atoms with Crippen molar-refractivity contribution >= 4 is 22.6 Å². The van der Waals surface area contributed by atoms with Gasteiger partial charge in [-0.05, 0) is 53.6 Å². The van der Waals surface area contributed by atoms with E-state index in [1.807, 2.05) is 47.3 Å². The molecule has 1 amide bonds. The second-order valence-corrected chi connectivity index (χ2v) is 8.23. The molecule has 0 aliphatic carbocycles. The highest BCUT2D eigenvalue weighted by molar-refractivity contribution is 5.92. The van der Waals surface area contributed by atoms with Crippen LogP contribution in [0, 0.1) is 5.82 Å². The predicted molar refractivity (Wildman–Crippen MR) is 128 cm³/mol. The lowest BCUT2D eigenvalue weighted by Gasteiger charge is -2.30. The molecule has 0 atom stereocenters. The maximum absolute atomic E-state index is 13.6. The van der Waals surface area contributed by atoms with Crippen molar-refractivity contribution in [1.29, 1.82) is 0 Å². The molecule has 1 aliphatic rings. The molecule has 4 heterocycles. The molecule has 0 saturated heterocycles. The van der Waals surface area contributed by atoms with E-state index >= 15 is 0 Å². The van der Waals surface area contributed by atoms with Gasteiger partial charge in [0, 0.05) is 35.1 Å². The fraction of sp³-hybridized carbons (Fsp3) is 0.115. The number of carbonyl (C=O) groups excluding carboxylic acids is 1. The van der Waals surface area contributed by atoms with E-state index in [0.717, 1.165) is 44.7 Å². The van der Waals surface area contributed by atoms with Gasteiger partial charge in [-0.1, -0.05) is 18.2 Å². The van der Waals surface area contributed by atoms with Crippen molar-refractivity contribution in [1.82, 2.24) is 24.8 Å². The zero-order chi connectivity index (χ0) is 23.1. The molecule has 0 fully saturated rings. The minimum atomic E-state index is -0.301. The number of para-hydroxylation sites is 1. The van der Waals surface area contributed by atoms with Gasteiger partial charge >= 0.3 is 0 Å². The summed E-state index contributed by atoms with van der Waals surface area (Å²) in [6.45, 7) is 1.02. The molecule has 8 heteroatoms. The van der Waals surface area contributed by atoms with Gasteiger partial charge in [-0.3, -0.25) is 20.2 Å². The summed E-state index contributed by atoms with van der Waals surface area (Å²) in [5.74, 6) is 0.399. The van der Waals surface area contributed by atoms with Crippen LogP contribution >= 0.6 is 0 Å². The summed E-state index contributed by atoms with van der Waals surface area (Å²) in [6, 6.07) is 18.0. The number of pyridine rings is 1. The number of rotatable bonds is 4. The van der Waals surface area contributed by atoms with E-state index in [1.54, 1.807) is 29.5 Å². The van der Waals surface area contributed by atoms with Gasteiger partial charge in [-0.15, -0.1) is 0 Å². The Morgan fingerprint density at radius 3 is 2.59 bits per heavy atom. The van der Waals surface area contributed by atoms with Crippen molar-refractivity contribution in [3.05, 3.63) is 90.6 Å². The first kappa shape index (κ1) is 20.2. The summed E-state index contributed by atoms with van der Waals surface area (Å²) in [5, 5.41) is 7.51. The third kappa shape index (κ3) is 3.49. The number of amides is 1. The lowest BCUT2D eigenvalue weighted by Crippen LogP contribution is -2.43. The number of nitrogens with one attached hydrogen (secondary N) is 2. The van der Waals surface area contributed by atoms with Crippen LogP contribution in [-0.4, -0.2) is 37.2 Å². The average molecular weight is 452 g/mol. The summed E-state index contributed by atoms with van der Waals surface area (Å²) in [5.41, 5.74) is 8.56. The maximum atomic E-state index is 13.6. The van der Waals surface area contributed by atoms with Gasteiger partial charge < -0.3 is 4.98 Å². The third-order valence-electron chi connectivity index (χ3n) is 6.13. The lowest BCUT2D eigenvalue weighted by atomic mass is 10.0. The number of aromatic nitrogens is 4. The number of fused-ring (bicyclic) bond motifs is 2. The Hall–Kier alpha value is -4.46. The fourth-order valence-corrected chi connectivity index (χ4v) is 4.44. The highest BCUT2D eigenvalue weighted by Crippen LogP contribution is 2.39. The number of benzene rings is 2. The van der Waals surface area contributed by atoms with Crippen LogP contribution in [0.4, 0.5) is 10.2 Å². The van der Waals surface area contributed by atoms with E-state index in [4.69, 9.17) is 5.10 Å². The SMILES string of the molecule is O=C(Cc1c[nH]c2ccccc12)N1CCn2nc(-c3ccc(F)cc3)c(-c3ccncc3)c2N1. The average Bonchev–Trinajstić information content (AvgIpc) is 3.46. The van der Waals surface area contributed by atoms with Gasteiger partial charge in [0.05, 0.1) is 25.1 Å². The number of halogens is 1. The number of hydrogen-bond acceptors (Lipinski definition) is 4. The smallest absolute Gasteiger partial charge is 0.245 e. The van der Waals surface area contributed by atoms with E-state index in [9.17, 15) is 9.18 Å². The monoisotopic (exact) mass is 452 g/mol. The molecule has 5 aromatic rings. The van der Waals surface area contributed by atoms with Crippen LogP contribution < -0.4 is 5.43 Å². The fourth-order valence-electron chi connectivity index (χ4n) is 4.44. The highest BCUT2D eigenvalue weighted by atomic mass is 19.1. The first-order chi connectivity index (χ1) is 16.7. The molecule has 168 valence electrons. The molecule has 2 aromatic carbocycles. The Morgan fingerprint density at radius 1 is 0.971 bits per heavy atom. The van der Waals surface area contributed by atoms with E-state index in [2.05, 4.69) is 15.4 Å². The second kappa shape index (κ2) is 8.15. The largest absolute Gasteiger partial charge is 0.361 e. The summed E-state index contributed by atoms with van der Waals surface area (Å²) < 4.78 is 15.4. The highest BCUT2D eigenvalue weighted by Gasteiger charge is 2.28. The molecule has 0 saturated carbocycles. The summed E-state index contributed by atoms with van der Waals surface area (Å²) in [7, 11) is 0. The van der Waals surface area contributed by atoms with Crippen molar-refractivity contribution < 1.29 is 9.18 Å². The molecular weight excluding hydrogens is 431 g/mol. The minimum absolute atomic E-state index is 0.0267. The van der Waals surface area contributed by atoms with Crippen LogP contribution in [0.5, 0.6) is 0 Å². The van der Waals surface area contributed by atoms with Crippen LogP contribution in [0.3, 0.4) is 0 Å². The molecule has 6 rings (SSSR count). The Bertz CT molecular complexity index is 1490. The standard InChI is InChI=1S/C26H21FN6O/c27-20-7-5-18(6-8-20)25-24(17-9-11-28-12-10-17)26-31-32(13-14-33(26)30-25)23(34)15-19-16-29-22-4-2-1-3-21(19)22/h1-12,16,29,31H,13-15H2. The molecule has 7 nitrogen and oxygen atoms in total. The molecule has 0 radical (unpaired) electrons. The Morgan fingerprint density at radius 2 is 1.76 bits per heavy atom. The van der Waals surface area contributed by atoms with E-state index in [0.29, 0.717) is 13.1 Å². The molecule has 0 bridgehead atoms. The van der Waals surface area contributed by atoms with Crippen molar-refractivity contribution in [3.8, 4) is 22.4 Å². The summed E-state index contributed by atoms with van der Waals surface area (Å²) >= 11 is 0. The molecule has 0 spiro atoms. The van der Waals surface area contributed by atoms with Gasteiger partial charge in [-0.2, -0.15) is 5.10 Å². The van der Waals surface area contributed by atoms with Crippen LogP contribution in [-0.2, 0) is 17.8 Å². The number of hydrazine groups is 1. The first-order valence-corrected chi connectivity index (χ1v) is 11.1. The van der Waals surface area contributed by atoms with Crippen LogP contribution in [0.15, 0.2) is 79.3 Å². The number of nitrogens with zero attached hydrogens (tertiary/aromatic N) is 4. The molecule has 1 aliphatic heterocycles. The molecular formula is C26H21FN6O. The van der Waals surface area contributed by atoms with Gasteiger partial charge in [0.1, 0.15) is 11.5 Å². The van der Waals surface area contributed by atoms with Crippen molar-refractivity contribution in [2.24, 2.45) is 0 Å². The molecule has 0 unspecified atom stereocenters. The number of hydrogen-bond donors (Lipinski definition) is 2. The van der Waals surface area contributed by atoms with Crippen LogP contribution in [0.1, 0.15) is 5.56 Å². The number of H-pyrrole nitrogens is 1. The Labute approximate surface area is 194 Å². The van der Waals surface area contributed by atoms with Crippen LogP contribution in [0.2, 0.25) is 0 Å². The van der Waals surface area contributed by atoms with Gasteiger partial charge in [0.15, 0.2) is 5.82 Å². The number of aromatic amines is 1. The van der Waals surface area contributed by atoms with Crippen molar-refractivity contribution in [3.63, 3.8) is 0 Å². The molecule has 34 heavy (non-hydrogen) atoms. The zero-order valence-corrected chi connectivity index (χ0v) is 18.2. The predicted octanol–water partition coefficient (Wildman–Crippen LogP) is 4.64. The quantitative estimate of drug-likeness (QED) is 0.416. The van der Waals surface area contributed by atoms with Crippen molar-refractivity contribution in [2.45, 2.75) is 13.0 Å². The Balaban J connectivity index is 1.35.